The predicted molar refractivity (Wildman–Crippen MR) is 154 cm³/mol. The Kier molecular flexibility index (Phi) is 8.09. The number of sulfonamides is 1. The first-order chi connectivity index (χ1) is 19.7. The molecule has 10 nitrogen and oxygen atoms in total. The van der Waals surface area contributed by atoms with Crippen molar-refractivity contribution in [2.24, 2.45) is 0 Å². The van der Waals surface area contributed by atoms with Crippen LogP contribution in [-0.4, -0.2) is 31.6 Å². The summed E-state index contributed by atoms with van der Waals surface area (Å²) in [5.74, 6) is 1.90. The van der Waals surface area contributed by atoms with Crippen molar-refractivity contribution in [3.05, 3.63) is 112 Å². The molecule has 0 saturated heterocycles. The zero-order valence-corrected chi connectivity index (χ0v) is 23.3. The summed E-state index contributed by atoms with van der Waals surface area (Å²) < 4.78 is 44.4. The van der Waals surface area contributed by atoms with Crippen LogP contribution in [0.2, 0.25) is 5.02 Å². The van der Waals surface area contributed by atoms with E-state index in [0.29, 0.717) is 35.3 Å². The summed E-state index contributed by atoms with van der Waals surface area (Å²) in [7, 11) is -4.07. The largest absolute Gasteiger partial charge is 0.494 e. The van der Waals surface area contributed by atoms with Crippen molar-refractivity contribution in [2.45, 2.75) is 18.2 Å². The number of non-ortho nitro benzene ring substituents is 1. The highest BCUT2D eigenvalue weighted by Gasteiger charge is 2.27. The van der Waals surface area contributed by atoms with Crippen LogP contribution in [0.4, 0.5) is 11.5 Å². The van der Waals surface area contributed by atoms with Crippen LogP contribution in [0.1, 0.15) is 12.5 Å². The molecule has 41 heavy (non-hydrogen) atoms. The molecule has 0 radical (unpaired) electrons. The minimum atomic E-state index is -4.07. The number of rotatable bonds is 11. The third-order valence-corrected chi connectivity index (χ3v) is 8.35. The van der Waals surface area contributed by atoms with Gasteiger partial charge in [-0.15, -0.1) is 0 Å². The molecule has 5 rings (SSSR count). The first-order valence-electron chi connectivity index (χ1n) is 12.5. The van der Waals surface area contributed by atoms with Gasteiger partial charge in [0.1, 0.15) is 23.5 Å². The molecular formula is C29H24ClN3O7S. The molecule has 0 N–H and O–H groups in total. The van der Waals surface area contributed by atoms with E-state index in [9.17, 15) is 18.5 Å². The van der Waals surface area contributed by atoms with Gasteiger partial charge in [-0.1, -0.05) is 41.0 Å². The van der Waals surface area contributed by atoms with Crippen LogP contribution < -0.4 is 13.8 Å². The summed E-state index contributed by atoms with van der Waals surface area (Å²) in [6, 6.07) is 22.9. The molecule has 210 valence electrons. The smallest absolute Gasteiger partial charge is 0.269 e. The van der Waals surface area contributed by atoms with Crippen LogP contribution >= 0.6 is 11.6 Å². The molecule has 0 spiro atoms. The Bertz CT molecular complexity index is 1790. The fourth-order valence-electron chi connectivity index (χ4n) is 4.23. The Balaban J connectivity index is 1.33. The van der Waals surface area contributed by atoms with Crippen molar-refractivity contribution in [1.82, 2.24) is 5.16 Å². The maximum Gasteiger partial charge on any atom is 0.269 e. The number of aromatic nitrogens is 1. The number of fused-ring (bicyclic) bond motifs is 1. The lowest BCUT2D eigenvalue weighted by molar-refractivity contribution is -0.384. The number of anilines is 1. The number of benzene rings is 4. The molecule has 1 aromatic heterocycles. The summed E-state index contributed by atoms with van der Waals surface area (Å²) in [4.78, 5) is 10.3. The second-order valence-corrected chi connectivity index (χ2v) is 11.2. The topological polar surface area (TPSA) is 125 Å². The number of ether oxygens (including phenoxy) is 2. The maximum atomic E-state index is 13.5. The Morgan fingerprint density at radius 2 is 1.68 bits per heavy atom. The normalized spacial score (nSPS) is 11.4. The molecule has 1 heterocycles. The van der Waals surface area contributed by atoms with E-state index in [4.69, 9.17) is 25.6 Å². The molecule has 0 atom stereocenters. The van der Waals surface area contributed by atoms with Crippen molar-refractivity contribution in [2.75, 3.05) is 17.5 Å². The van der Waals surface area contributed by atoms with Crippen molar-refractivity contribution in [3.63, 3.8) is 0 Å². The molecule has 0 fully saturated rings. The molecule has 0 aliphatic carbocycles. The predicted octanol–water partition coefficient (Wildman–Crippen LogP) is 7.02. The number of nitro groups is 1. The summed E-state index contributed by atoms with van der Waals surface area (Å²) in [5.41, 5.74) is 0.692. The van der Waals surface area contributed by atoms with Gasteiger partial charge >= 0.3 is 0 Å². The number of halogens is 1. The monoisotopic (exact) mass is 593 g/mol. The lowest BCUT2D eigenvalue weighted by Crippen LogP contribution is -2.33. The van der Waals surface area contributed by atoms with E-state index in [1.807, 2.05) is 43.3 Å². The number of nitrogens with zero attached hydrogens (tertiary/aromatic N) is 3. The third kappa shape index (κ3) is 6.26. The van der Waals surface area contributed by atoms with Gasteiger partial charge in [-0.2, -0.15) is 0 Å². The number of nitro benzene ring substituents is 1. The van der Waals surface area contributed by atoms with Crippen molar-refractivity contribution < 1.29 is 27.3 Å². The standard InChI is InChI=1S/C29H24ClN3O7S/c1-2-38-24-9-12-28(27(30)19-24)40-25-8-5-21-17-20(3-4-22(21)18-25)13-15-32(29-14-16-39-31-29)41(36,37)26-10-6-23(7-11-26)33(34)35/h3-12,14,16-19H,2,13,15H2,1H3. The third-order valence-electron chi connectivity index (χ3n) is 6.24. The summed E-state index contributed by atoms with van der Waals surface area (Å²) in [5, 5.41) is 17.1. The van der Waals surface area contributed by atoms with E-state index in [1.165, 1.54) is 24.5 Å². The molecule has 0 aliphatic rings. The molecular weight excluding hydrogens is 570 g/mol. The van der Waals surface area contributed by atoms with Gasteiger partial charge in [0.05, 0.1) is 21.4 Å². The summed E-state index contributed by atoms with van der Waals surface area (Å²) >= 11 is 6.35. The minimum absolute atomic E-state index is 0.0643. The first kappa shape index (κ1) is 27.9. The average molecular weight is 594 g/mol. The van der Waals surface area contributed by atoms with Crippen LogP contribution in [0.5, 0.6) is 17.2 Å². The van der Waals surface area contributed by atoms with Gasteiger partial charge in [-0.3, -0.25) is 10.1 Å². The van der Waals surface area contributed by atoms with E-state index >= 15 is 0 Å². The zero-order valence-electron chi connectivity index (χ0n) is 21.8. The van der Waals surface area contributed by atoms with E-state index < -0.39 is 14.9 Å². The first-order valence-corrected chi connectivity index (χ1v) is 14.4. The zero-order chi connectivity index (χ0) is 29.0. The number of hydrogen-bond acceptors (Lipinski definition) is 8. The van der Waals surface area contributed by atoms with Crippen LogP contribution in [0, 0.1) is 10.1 Å². The maximum absolute atomic E-state index is 13.5. The Labute approximate surface area is 240 Å². The number of hydrogen-bond donors (Lipinski definition) is 0. The van der Waals surface area contributed by atoms with Crippen molar-refractivity contribution in [1.29, 1.82) is 0 Å². The molecule has 0 unspecified atom stereocenters. The fourth-order valence-corrected chi connectivity index (χ4v) is 5.85. The lowest BCUT2D eigenvalue weighted by Gasteiger charge is -2.21. The van der Waals surface area contributed by atoms with Crippen LogP contribution in [0.3, 0.4) is 0 Å². The van der Waals surface area contributed by atoms with Gasteiger partial charge in [0.15, 0.2) is 5.82 Å². The Morgan fingerprint density at radius 1 is 0.951 bits per heavy atom. The molecule has 0 amide bonds. The summed E-state index contributed by atoms with van der Waals surface area (Å²) in [6.07, 6.45) is 1.65. The van der Waals surface area contributed by atoms with E-state index in [2.05, 4.69) is 5.16 Å². The minimum Gasteiger partial charge on any atom is -0.494 e. The van der Waals surface area contributed by atoms with Gasteiger partial charge in [0, 0.05) is 30.8 Å². The molecule has 4 aromatic carbocycles. The van der Waals surface area contributed by atoms with Crippen molar-refractivity contribution >= 4 is 43.9 Å². The molecule has 0 aliphatic heterocycles. The summed E-state index contributed by atoms with van der Waals surface area (Å²) in [6.45, 7) is 2.50. The van der Waals surface area contributed by atoms with Gasteiger partial charge in [-0.05, 0) is 66.1 Å². The molecule has 0 saturated carbocycles. The highest BCUT2D eigenvalue weighted by molar-refractivity contribution is 7.92. The quantitative estimate of drug-likeness (QED) is 0.118. The van der Waals surface area contributed by atoms with Crippen molar-refractivity contribution in [3.8, 4) is 17.2 Å². The SMILES string of the molecule is CCOc1ccc(Oc2ccc3cc(CCN(c4ccon4)S(=O)(=O)c4ccc([N+](=O)[O-])cc4)ccc3c2)c(Cl)c1. The van der Waals surface area contributed by atoms with Crippen LogP contribution in [0.25, 0.3) is 10.8 Å². The second kappa shape index (κ2) is 11.9. The lowest BCUT2D eigenvalue weighted by atomic mass is 10.0. The van der Waals surface area contributed by atoms with E-state index in [0.717, 1.165) is 32.8 Å². The van der Waals surface area contributed by atoms with Gasteiger partial charge in [-0.25, -0.2) is 12.7 Å². The molecule has 0 bridgehead atoms. The Hall–Kier alpha value is -4.61. The average Bonchev–Trinajstić information content (AvgIpc) is 3.49. The Morgan fingerprint density at radius 3 is 2.37 bits per heavy atom. The van der Waals surface area contributed by atoms with Crippen LogP contribution in [-0.2, 0) is 16.4 Å². The highest BCUT2D eigenvalue weighted by Crippen LogP contribution is 2.34. The molecule has 12 heteroatoms. The second-order valence-electron chi connectivity index (χ2n) is 8.91. The van der Waals surface area contributed by atoms with Gasteiger partial charge in [0.2, 0.25) is 0 Å². The van der Waals surface area contributed by atoms with E-state index in [-0.39, 0.29) is 22.9 Å². The van der Waals surface area contributed by atoms with E-state index in [1.54, 1.807) is 18.2 Å². The molecule has 5 aromatic rings. The van der Waals surface area contributed by atoms with Gasteiger partial charge < -0.3 is 14.0 Å². The fraction of sp³-hybridized carbons (Fsp3) is 0.138. The van der Waals surface area contributed by atoms with Gasteiger partial charge in [0.25, 0.3) is 15.7 Å². The highest BCUT2D eigenvalue weighted by atomic mass is 35.5. The van der Waals surface area contributed by atoms with Crippen LogP contribution in [0.15, 0.2) is 101 Å².